The molecule has 0 rings (SSSR count). The Kier molecular flexibility index (Phi) is 23.6. The third-order valence-corrected chi connectivity index (χ3v) is 5.50. The van der Waals surface area contributed by atoms with Crippen molar-refractivity contribution < 1.29 is 28.9 Å². The van der Waals surface area contributed by atoms with Gasteiger partial charge >= 0.3 is 11.9 Å². The lowest BCUT2D eigenvalue weighted by Gasteiger charge is -2.18. The average Bonchev–Trinajstić information content (AvgIpc) is 2.77. The highest BCUT2D eigenvalue weighted by Gasteiger charge is 2.13. The normalized spacial score (nSPS) is 12.1. The number of carboxylic acids is 1. The molecule has 0 aliphatic carbocycles. The van der Waals surface area contributed by atoms with E-state index in [2.05, 4.69) is 13.8 Å². The number of aliphatic carboxylic acids is 1. The first-order valence-corrected chi connectivity index (χ1v) is 13.2. The highest BCUT2D eigenvalue weighted by molar-refractivity contribution is 5.69. The molecule has 1 unspecified atom stereocenters. The molecule has 0 radical (unpaired) electrons. The van der Waals surface area contributed by atoms with Gasteiger partial charge in [-0.2, -0.15) is 0 Å². The lowest BCUT2D eigenvalue weighted by atomic mass is 10.1. The van der Waals surface area contributed by atoms with Crippen molar-refractivity contribution in [1.82, 2.24) is 0 Å². The number of hydrogen-bond donors (Lipinski definition) is 1. The molecule has 0 spiro atoms. The molecule has 0 aromatic heterocycles. The second-order valence-corrected chi connectivity index (χ2v) is 8.74. The molecule has 0 fully saturated rings. The van der Waals surface area contributed by atoms with Crippen molar-refractivity contribution >= 4 is 11.9 Å². The first kappa shape index (κ1) is 30.9. The van der Waals surface area contributed by atoms with Gasteiger partial charge in [0, 0.05) is 26.1 Å². The largest absolute Gasteiger partial charge is 0.481 e. The molecule has 0 bridgehead atoms. The Morgan fingerprint density at radius 3 is 1.81 bits per heavy atom. The van der Waals surface area contributed by atoms with Crippen molar-refractivity contribution in [2.75, 3.05) is 26.4 Å². The summed E-state index contributed by atoms with van der Waals surface area (Å²) in [6, 6.07) is 0. The summed E-state index contributed by atoms with van der Waals surface area (Å²) in [6.07, 6.45) is 16.9. The van der Waals surface area contributed by atoms with Crippen LogP contribution in [0.3, 0.4) is 0 Å². The van der Waals surface area contributed by atoms with Crippen molar-refractivity contribution in [3.8, 4) is 0 Å². The van der Waals surface area contributed by atoms with E-state index in [0.717, 1.165) is 25.9 Å². The lowest BCUT2D eigenvalue weighted by molar-refractivity contribution is -0.150. The number of rotatable bonds is 25. The molecule has 32 heavy (non-hydrogen) atoms. The van der Waals surface area contributed by atoms with Crippen LogP contribution in [0.4, 0.5) is 0 Å². The average molecular weight is 459 g/mol. The molecule has 0 amide bonds. The summed E-state index contributed by atoms with van der Waals surface area (Å²) in [5, 5.41) is 8.65. The van der Waals surface area contributed by atoms with Crippen LogP contribution in [0, 0.1) is 0 Å². The van der Waals surface area contributed by atoms with Crippen LogP contribution in [0.2, 0.25) is 0 Å². The fourth-order valence-corrected chi connectivity index (χ4v) is 3.46. The number of carbonyl (C=O) groups is 2. The molecular formula is C26H50O6. The van der Waals surface area contributed by atoms with E-state index in [1.54, 1.807) is 0 Å². The van der Waals surface area contributed by atoms with Gasteiger partial charge in [-0.3, -0.25) is 9.59 Å². The van der Waals surface area contributed by atoms with Gasteiger partial charge in [0.15, 0.2) is 0 Å². The molecule has 0 heterocycles. The molecule has 0 aromatic rings. The third kappa shape index (κ3) is 23.5. The van der Waals surface area contributed by atoms with Crippen molar-refractivity contribution in [1.29, 1.82) is 0 Å². The third-order valence-electron chi connectivity index (χ3n) is 5.50. The maximum atomic E-state index is 12.0. The van der Waals surface area contributed by atoms with Gasteiger partial charge in [-0.15, -0.1) is 0 Å². The molecule has 1 N–H and O–H groups in total. The summed E-state index contributed by atoms with van der Waals surface area (Å²) < 4.78 is 17.2. The number of hydrogen-bond acceptors (Lipinski definition) is 5. The van der Waals surface area contributed by atoms with E-state index in [0.29, 0.717) is 32.5 Å². The van der Waals surface area contributed by atoms with Gasteiger partial charge in [0.1, 0.15) is 12.7 Å². The number of carbonyl (C=O) groups excluding carboxylic acids is 1. The second-order valence-electron chi connectivity index (χ2n) is 8.74. The smallest absolute Gasteiger partial charge is 0.305 e. The van der Waals surface area contributed by atoms with Gasteiger partial charge in [0.25, 0.3) is 0 Å². The Labute approximate surface area is 196 Å². The summed E-state index contributed by atoms with van der Waals surface area (Å²) in [5.74, 6) is -1.04. The van der Waals surface area contributed by atoms with Crippen molar-refractivity contribution in [3.05, 3.63) is 0 Å². The molecule has 0 aliphatic rings. The first-order chi connectivity index (χ1) is 15.6. The van der Waals surface area contributed by atoms with Gasteiger partial charge in [-0.25, -0.2) is 0 Å². The van der Waals surface area contributed by atoms with E-state index < -0.39 is 5.97 Å². The van der Waals surface area contributed by atoms with E-state index in [4.69, 9.17) is 19.3 Å². The van der Waals surface area contributed by atoms with E-state index >= 15 is 0 Å². The first-order valence-electron chi connectivity index (χ1n) is 13.2. The Hall–Kier alpha value is -1.14. The van der Waals surface area contributed by atoms with E-state index in [1.807, 2.05) is 0 Å². The Morgan fingerprint density at radius 2 is 1.19 bits per heavy atom. The molecule has 1 atom stereocenters. The van der Waals surface area contributed by atoms with Crippen LogP contribution in [-0.4, -0.2) is 49.6 Å². The van der Waals surface area contributed by atoms with E-state index in [9.17, 15) is 9.59 Å². The zero-order chi connectivity index (χ0) is 23.7. The predicted molar refractivity (Wildman–Crippen MR) is 129 cm³/mol. The number of carboxylic acid groups (broad SMARTS) is 1. The van der Waals surface area contributed by atoms with Crippen LogP contribution in [0.5, 0.6) is 0 Å². The Bertz CT molecular complexity index is 427. The summed E-state index contributed by atoms with van der Waals surface area (Å²) in [6.45, 7) is 6.51. The molecule has 0 saturated heterocycles. The van der Waals surface area contributed by atoms with Gasteiger partial charge in [-0.1, -0.05) is 84.5 Å². The molecule has 0 aromatic carbocycles. The second kappa shape index (κ2) is 24.5. The summed E-state index contributed by atoms with van der Waals surface area (Å²) in [5.41, 5.74) is 0. The standard InChI is InChI=1S/C26H50O6/c1-3-5-7-9-11-16-20-30-22-24(31-21-17-12-10-8-6-4-2)23-32-26(29)19-15-13-14-18-25(27)28/h24H,3-23H2,1-2H3,(H,27,28). The summed E-state index contributed by atoms with van der Waals surface area (Å²) >= 11 is 0. The summed E-state index contributed by atoms with van der Waals surface area (Å²) in [7, 11) is 0. The number of unbranched alkanes of at least 4 members (excludes halogenated alkanes) is 12. The fraction of sp³-hybridized carbons (Fsp3) is 0.923. The molecular weight excluding hydrogens is 408 g/mol. The molecule has 190 valence electrons. The van der Waals surface area contributed by atoms with Crippen LogP contribution in [-0.2, 0) is 23.8 Å². The predicted octanol–water partition coefficient (Wildman–Crippen LogP) is 6.69. The molecule has 6 nitrogen and oxygen atoms in total. The zero-order valence-corrected chi connectivity index (χ0v) is 20.9. The highest BCUT2D eigenvalue weighted by atomic mass is 16.6. The van der Waals surface area contributed by atoms with Gasteiger partial charge in [0.2, 0.25) is 0 Å². The molecule has 0 aliphatic heterocycles. The van der Waals surface area contributed by atoms with Crippen LogP contribution >= 0.6 is 0 Å². The minimum atomic E-state index is -0.793. The van der Waals surface area contributed by atoms with Gasteiger partial charge < -0.3 is 19.3 Å². The topological polar surface area (TPSA) is 82.1 Å². The minimum absolute atomic E-state index is 0.152. The summed E-state index contributed by atoms with van der Waals surface area (Å²) in [4.78, 5) is 22.5. The van der Waals surface area contributed by atoms with Crippen molar-refractivity contribution in [2.24, 2.45) is 0 Å². The highest BCUT2D eigenvalue weighted by Crippen LogP contribution is 2.09. The lowest BCUT2D eigenvalue weighted by Crippen LogP contribution is -2.28. The number of ether oxygens (including phenoxy) is 3. The maximum Gasteiger partial charge on any atom is 0.305 e. The quantitative estimate of drug-likeness (QED) is 0.121. The van der Waals surface area contributed by atoms with Gasteiger partial charge in [-0.05, 0) is 25.7 Å². The zero-order valence-electron chi connectivity index (χ0n) is 20.9. The van der Waals surface area contributed by atoms with Crippen molar-refractivity contribution in [3.63, 3.8) is 0 Å². The van der Waals surface area contributed by atoms with Crippen LogP contribution in [0.15, 0.2) is 0 Å². The minimum Gasteiger partial charge on any atom is -0.481 e. The van der Waals surface area contributed by atoms with Crippen molar-refractivity contribution in [2.45, 2.75) is 129 Å². The molecule has 6 heteroatoms. The van der Waals surface area contributed by atoms with E-state index in [-0.39, 0.29) is 25.1 Å². The van der Waals surface area contributed by atoms with Crippen LogP contribution < -0.4 is 0 Å². The monoisotopic (exact) mass is 458 g/mol. The Morgan fingerprint density at radius 1 is 0.656 bits per heavy atom. The van der Waals surface area contributed by atoms with E-state index in [1.165, 1.54) is 64.2 Å². The maximum absolute atomic E-state index is 12.0. The fourth-order valence-electron chi connectivity index (χ4n) is 3.46. The SMILES string of the molecule is CCCCCCCCOCC(COC(=O)CCCCCC(=O)O)OCCCCCCCC. The Balaban J connectivity index is 4.03. The number of esters is 1. The van der Waals surface area contributed by atoms with Gasteiger partial charge in [0.05, 0.1) is 6.61 Å². The molecule has 0 saturated carbocycles. The van der Waals surface area contributed by atoms with Crippen LogP contribution in [0.1, 0.15) is 123 Å². The van der Waals surface area contributed by atoms with Crippen LogP contribution in [0.25, 0.3) is 0 Å².